The summed E-state index contributed by atoms with van der Waals surface area (Å²) in [7, 11) is -3.48. The Morgan fingerprint density at radius 3 is 2.31 bits per heavy atom. The van der Waals surface area contributed by atoms with E-state index in [-0.39, 0.29) is 5.91 Å². The molecule has 2 aliphatic rings. The van der Waals surface area contributed by atoms with Crippen molar-refractivity contribution in [3.63, 3.8) is 0 Å². The standard InChI is InChI=1S/C24H39N3O4S/c1-19(2)23(26-12-10-20(3)11-13-26)18-25-24(28)9-6-21-4-7-22(8-5-21)32(29,30)27-14-16-31-17-15-27/h4-5,7-8,19-20,23H,6,9-18H2,1-3H3,(H,25,28). The molecular weight excluding hydrogens is 426 g/mol. The van der Waals surface area contributed by atoms with Gasteiger partial charge in [-0.1, -0.05) is 32.9 Å². The summed E-state index contributed by atoms with van der Waals surface area (Å²) in [6, 6.07) is 7.28. The van der Waals surface area contributed by atoms with E-state index in [1.807, 2.05) is 12.1 Å². The molecule has 2 aliphatic heterocycles. The van der Waals surface area contributed by atoms with Crippen LogP contribution in [-0.4, -0.2) is 75.5 Å². The van der Waals surface area contributed by atoms with Crippen molar-refractivity contribution in [1.29, 1.82) is 0 Å². The van der Waals surface area contributed by atoms with E-state index >= 15 is 0 Å². The Morgan fingerprint density at radius 2 is 1.72 bits per heavy atom. The summed E-state index contributed by atoms with van der Waals surface area (Å²) in [6.07, 6.45) is 3.46. The van der Waals surface area contributed by atoms with Gasteiger partial charge in [0.15, 0.2) is 0 Å². The van der Waals surface area contributed by atoms with Crippen LogP contribution in [0.3, 0.4) is 0 Å². The number of rotatable bonds is 9. The highest BCUT2D eigenvalue weighted by Crippen LogP contribution is 2.21. The molecule has 2 heterocycles. The molecule has 3 rings (SSSR count). The van der Waals surface area contributed by atoms with Gasteiger partial charge in [0, 0.05) is 32.1 Å². The van der Waals surface area contributed by atoms with E-state index in [2.05, 4.69) is 31.0 Å². The molecule has 2 saturated heterocycles. The van der Waals surface area contributed by atoms with Crippen molar-refractivity contribution < 1.29 is 17.9 Å². The number of benzene rings is 1. The lowest BCUT2D eigenvalue weighted by atomic mass is 9.94. The van der Waals surface area contributed by atoms with Crippen molar-refractivity contribution in [2.24, 2.45) is 11.8 Å². The SMILES string of the molecule is CC1CCN(C(CNC(=O)CCc2ccc(S(=O)(=O)N3CCOCC3)cc2)C(C)C)CC1. The first kappa shape index (κ1) is 25.1. The Morgan fingerprint density at radius 1 is 1.09 bits per heavy atom. The molecule has 2 fully saturated rings. The molecule has 0 aliphatic carbocycles. The fourth-order valence-corrected chi connectivity index (χ4v) is 5.88. The maximum Gasteiger partial charge on any atom is 0.243 e. The number of carbonyl (C=O) groups is 1. The molecule has 1 N–H and O–H groups in total. The highest BCUT2D eigenvalue weighted by molar-refractivity contribution is 7.89. The maximum absolute atomic E-state index is 12.7. The minimum atomic E-state index is -3.48. The summed E-state index contributed by atoms with van der Waals surface area (Å²) in [5.41, 5.74) is 0.964. The monoisotopic (exact) mass is 465 g/mol. The number of nitrogens with one attached hydrogen (secondary N) is 1. The predicted octanol–water partition coefficient (Wildman–Crippen LogP) is 2.51. The van der Waals surface area contributed by atoms with Crippen LogP contribution < -0.4 is 5.32 Å². The van der Waals surface area contributed by atoms with Crippen LogP contribution in [0.4, 0.5) is 0 Å². The number of sulfonamides is 1. The lowest BCUT2D eigenvalue weighted by molar-refractivity contribution is -0.121. The van der Waals surface area contributed by atoms with Crippen molar-refractivity contribution in [3.8, 4) is 0 Å². The average Bonchev–Trinajstić information content (AvgIpc) is 2.79. The third-order valence-corrected chi connectivity index (χ3v) is 8.65. The third-order valence-electron chi connectivity index (χ3n) is 6.74. The number of hydrogen-bond donors (Lipinski definition) is 1. The van der Waals surface area contributed by atoms with Gasteiger partial charge in [0.05, 0.1) is 18.1 Å². The second-order valence-electron chi connectivity index (χ2n) is 9.49. The van der Waals surface area contributed by atoms with Crippen LogP contribution in [0.1, 0.15) is 45.6 Å². The highest BCUT2D eigenvalue weighted by Gasteiger charge is 2.27. The maximum atomic E-state index is 12.7. The van der Waals surface area contributed by atoms with Gasteiger partial charge < -0.3 is 10.1 Å². The van der Waals surface area contributed by atoms with Gasteiger partial charge >= 0.3 is 0 Å². The first-order chi connectivity index (χ1) is 15.3. The predicted molar refractivity (Wildman–Crippen MR) is 126 cm³/mol. The Bertz CT molecular complexity index is 827. The minimum absolute atomic E-state index is 0.0473. The van der Waals surface area contributed by atoms with E-state index in [0.29, 0.717) is 62.5 Å². The van der Waals surface area contributed by atoms with E-state index < -0.39 is 10.0 Å². The molecule has 1 unspecified atom stereocenters. The van der Waals surface area contributed by atoms with Gasteiger partial charge in [0.25, 0.3) is 0 Å². The molecule has 0 radical (unpaired) electrons. The van der Waals surface area contributed by atoms with Crippen LogP contribution in [-0.2, 0) is 26.0 Å². The van der Waals surface area contributed by atoms with Gasteiger partial charge in [-0.05, 0) is 61.9 Å². The lowest BCUT2D eigenvalue weighted by Crippen LogP contribution is -2.49. The molecule has 0 bridgehead atoms. The summed E-state index contributed by atoms with van der Waals surface area (Å²) in [5.74, 6) is 1.33. The number of carbonyl (C=O) groups excluding carboxylic acids is 1. The van der Waals surface area contributed by atoms with E-state index in [1.165, 1.54) is 17.1 Å². The molecule has 180 valence electrons. The quantitative estimate of drug-likeness (QED) is 0.606. The Balaban J connectivity index is 1.47. The smallest absolute Gasteiger partial charge is 0.243 e. The summed E-state index contributed by atoms with van der Waals surface area (Å²) in [5, 5.41) is 3.13. The molecule has 32 heavy (non-hydrogen) atoms. The number of aryl methyl sites for hydroxylation is 1. The molecule has 7 nitrogen and oxygen atoms in total. The number of piperidine rings is 1. The van der Waals surface area contributed by atoms with Crippen LogP contribution in [0.15, 0.2) is 29.2 Å². The number of likely N-dealkylation sites (tertiary alicyclic amines) is 1. The van der Waals surface area contributed by atoms with Crippen LogP contribution >= 0.6 is 0 Å². The van der Waals surface area contributed by atoms with E-state index in [1.54, 1.807) is 12.1 Å². The first-order valence-corrected chi connectivity index (χ1v) is 13.4. The fraction of sp³-hybridized carbons (Fsp3) is 0.708. The minimum Gasteiger partial charge on any atom is -0.379 e. The number of ether oxygens (including phenoxy) is 1. The summed E-state index contributed by atoms with van der Waals surface area (Å²) in [6.45, 7) is 11.3. The second kappa shape index (κ2) is 11.6. The molecule has 0 aromatic heterocycles. The molecule has 1 amide bonds. The van der Waals surface area contributed by atoms with E-state index in [0.717, 1.165) is 24.6 Å². The third kappa shape index (κ3) is 6.76. The van der Waals surface area contributed by atoms with Gasteiger partial charge in [-0.15, -0.1) is 0 Å². The van der Waals surface area contributed by atoms with Gasteiger partial charge in [-0.25, -0.2) is 8.42 Å². The molecular formula is C24H39N3O4S. The number of amides is 1. The Kier molecular flexibility index (Phi) is 9.11. The zero-order valence-corrected chi connectivity index (χ0v) is 20.6. The summed E-state index contributed by atoms with van der Waals surface area (Å²) in [4.78, 5) is 15.3. The lowest BCUT2D eigenvalue weighted by Gasteiger charge is -2.38. The molecule has 8 heteroatoms. The molecule has 0 spiro atoms. The van der Waals surface area contributed by atoms with Gasteiger partial charge in [0.1, 0.15) is 0 Å². The fourth-order valence-electron chi connectivity index (χ4n) is 4.48. The van der Waals surface area contributed by atoms with E-state index in [9.17, 15) is 13.2 Å². The Hall–Kier alpha value is -1.48. The zero-order chi connectivity index (χ0) is 23.1. The normalized spacial score (nSPS) is 20.4. The van der Waals surface area contributed by atoms with Crippen molar-refractivity contribution in [3.05, 3.63) is 29.8 Å². The van der Waals surface area contributed by atoms with Crippen LogP contribution in [0.25, 0.3) is 0 Å². The Labute approximate surface area is 193 Å². The van der Waals surface area contributed by atoms with Crippen molar-refractivity contribution in [2.75, 3.05) is 45.9 Å². The van der Waals surface area contributed by atoms with Gasteiger partial charge in [-0.2, -0.15) is 4.31 Å². The summed E-state index contributed by atoms with van der Waals surface area (Å²) < 4.78 is 32.1. The first-order valence-electron chi connectivity index (χ1n) is 11.9. The number of hydrogen-bond acceptors (Lipinski definition) is 5. The van der Waals surface area contributed by atoms with Crippen molar-refractivity contribution in [2.45, 2.75) is 57.4 Å². The number of morpholine rings is 1. The van der Waals surface area contributed by atoms with Gasteiger partial charge in [0.2, 0.25) is 15.9 Å². The van der Waals surface area contributed by atoms with E-state index in [4.69, 9.17) is 4.74 Å². The topological polar surface area (TPSA) is 79.0 Å². The van der Waals surface area contributed by atoms with Gasteiger partial charge in [-0.3, -0.25) is 9.69 Å². The van der Waals surface area contributed by atoms with Crippen LogP contribution in [0.5, 0.6) is 0 Å². The molecule has 1 aromatic carbocycles. The zero-order valence-electron chi connectivity index (χ0n) is 19.8. The largest absolute Gasteiger partial charge is 0.379 e. The second-order valence-corrected chi connectivity index (χ2v) is 11.4. The van der Waals surface area contributed by atoms with Crippen molar-refractivity contribution in [1.82, 2.24) is 14.5 Å². The highest BCUT2D eigenvalue weighted by atomic mass is 32.2. The number of nitrogens with zero attached hydrogens (tertiary/aromatic N) is 2. The average molecular weight is 466 g/mol. The summed E-state index contributed by atoms with van der Waals surface area (Å²) >= 11 is 0. The molecule has 1 atom stereocenters. The van der Waals surface area contributed by atoms with Crippen molar-refractivity contribution >= 4 is 15.9 Å². The molecule has 0 saturated carbocycles. The van der Waals surface area contributed by atoms with Crippen LogP contribution in [0, 0.1) is 11.8 Å². The van der Waals surface area contributed by atoms with Crippen LogP contribution in [0.2, 0.25) is 0 Å². The molecule has 1 aromatic rings.